The molecule has 0 aliphatic heterocycles. The molecule has 1 aromatic heterocycles. The van der Waals surface area contributed by atoms with Crippen LogP contribution >= 0.6 is 0 Å². The minimum Gasteiger partial charge on any atom is -0.284 e. The molecule has 1 heterocycles. The Hall–Kier alpha value is -1.32. The second-order valence-corrected chi connectivity index (χ2v) is 4.05. The van der Waals surface area contributed by atoms with Crippen LogP contribution in [0.15, 0.2) is 17.3 Å². The van der Waals surface area contributed by atoms with Crippen LogP contribution < -0.4 is 4.72 Å². The van der Waals surface area contributed by atoms with Crippen LogP contribution in [-0.4, -0.2) is 25.2 Å². The topological polar surface area (TPSA) is 74.8 Å². The predicted molar refractivity (Wildman–Crippen MR) is 47.2 cm³/mol. The molecule has 0 amide bonds. The lowest BCUT2D eigenvalue weighted by molar-refractivity contribution is 0.582. The van der Waals surface area contributed by atoms with Crippen LogP contribution in [-0.2, 0) is 10.0 Å². The zero-order valence-electron chi connectivity index (χ0n) is 6.82. The number of hydrogen-bond donors (Lipinski definition) is 2. The van der Waals surface area contributed by atoms with E-state index in [1.165, 1.54) is 12.4 Å². The SMILES string of the molecule is C#CCCNS(=O)(=O)c1cn[nH]c1. The maximum absolute atomic E-state index is 11.3. The molecule has 1 aromatic rings. The van der Waals surface area contributed by atoms with E-state index >= 15 is 0 Å². The molecule has 0 aliphatic rings. The fourth-order valence-corrected chi connectivity index (χ4v) is 1.66. The van der Waals surface area contributed by atoms with Crippen molar-refractivity contribution in [2.24, 2.45) is 0 Å². The van der Waals surface area contributed by atoms with E-state index in [9.17, 15) is 8.42 Å². The number of H-pyrrole nitrogens is 1. The third-order valence-electron chi connectivity index (χ3n) is 1.34. The smallest absolute Gasteiger partial charge is 0.243 e. The van der Waals surface area contributed by atoms with Crippen molar-refractivity contribution in [3.63, 3.8) is 0 Å². The van der Waals surface area contributed by atoms with Gasteiger partial charge in [0.1, 0.15) is 4.90 Å². The van der Waals surface area contributed by atoms with E-state index in [1.54, 1.807) is 0 Å². The highest BCUT2D eigenvalue weighted by Crippen LogP contribution is 2.03. The van der Waals surface area contributed by atoms with Crippen LogP contribution in [0.4, 0.5) is 0 Å². The van der Waals surface area contributed by atoms with E-state index in [0.717, 1.165) is 0 Å². The first kappa shape index (κ1) is 9.77. The molecule has 70 valence electrons. The maximum Gasteiger partial charge on any atom is 0.243 e. The molecule has 0 radical (unpaired) electrons. The number of nitrogens with one attached hydrogen (secondary N) is 2. The van der Waals surface area contributed by atoms with E-state index in [-0.39, 0.29) is 11.4 Å². The molecule has 0 saturated heterocycles. The molecule has 0 aliphatic carbocycles. The van der Waals surface area contributed by atoms with Crippen molar-refractivity contribution in [2.45, 2.75) is 11.3 Å². The number of sulfonamides is 1. The summed E-state index contributed by atoms with van der Waals surface area (Å²) in [5.41, 5.74) is 0. The predicted octanol–water partition coefficient (Wildman–Crippen LogP) is -0.289. The number of aromatic nitrogens is 2. The van der Waals surface area contributed by atoms with Gasteiger partial charge in [-0.15, -0.1) is 12.3 Å². The molecule has 5 nitrogen and oxygen atoms in total. The molecule has 0 atom stereocenters. The van der Waals surface area contributed by atoms with Gasteiger partial charge in [0, 0.05) is 19.2 Å². The van der Waals surface area contributed by atoms with Gasteiger partial charge in [0.15, 0.2) is 0 Å². The van der Waals surface area contributed by atoms with Gasteiger partial charge in [-0.25, -0.2) is 13.1 Å². The Kier molecular flexibility index (Phi) is 3.06. The van der Waals surface area contributed by atoms with Crippen molar-refractivity contribution in [3.8, 4) is 12.3 Å². The molecule has 0 fully saturated rings. The largest absolute Gasteiger partial charge is 0.284 e. The average molecular weight is 199 g/mol. The molecule has 0 unspecified atom stereocenters. The second-order valence-electron chi connectivity index (χ2n) is 2.29. The van der Waals surface area contributed by atoms with Gasteiger partial charge >= 0.3 is 0 Å². The van der Waals surface area contributed by atoms with Gasteiger partial charge in [-0.3, -0.25) is 5.10 Å². The Bertz CT molecular complexity index is 388. The monoisotopic (exact) mass is 199 g/mol. The minimum atomic E-state index is -3.43. The Morgan fingerprint density at radius 1 is 1.69 bits per heavy atom. The van der Waals surface area contributed by atoms with E-state index in [0.29, 0.717) is 6.42 Å². The first-order valence-corrected chi connectivity index (χ1v) is 5.07. The highest BCUT2D eigenvalue weighted by Gasteiger charge is 2.13. The third-order valence-corrected chi connectivity index (χ3v) is 2.77. The first-order valence-electron chi connectivity index (χ1n) is 3.59. The molecular weight excluding hydrogens is 190 g/mol. The van der Waals surface area contributed by atoms with Crippen molar-refractivity contribution >= 4 is 10.0 Å². The summed E-state index contributed by atoms with van der Waals surface area (Å²) in [6.07, 6.45) is 7.88. The van der Waals surface area contributed by atoms with Gasteiger partial charge in [0.05, 0.1) is 6.20 Å². The average Bonchev–Trinajstić information content (AvgIpc) is 2.56. The van der Waals surface area contributed by atoms with Crippen LogP contribution in [0, 0.1) is 12.3 Å². The van der Waals surface area contributed by atoms with Gasteiger partial charge in [0.25, 0.3) is 0 Å². The van der Waals surface area contributed by atoms with E-state index < -0.39 is 10.0 Å². The van der Waals surface area contributed by atoms with Gasteiger partial charge in [-0.05, 0) is 0 Å². The van der Waals surface area contributed by atoms with Crippen LogP contribution in [0.1, 0.15) is 6.42 Å². The molecule has 2 N–H and O–H groups in total. The van der Waals surface area contributed by atoms with Gasteiger partial charge in [0.2, 0.25) is 10.0 Å². The summed E-state index contributed by atoms with van der Waals surface area (Å²) in [5.74, 6) is 2.34. The van der Waals surface area contributed by atoms with Crippen molar-refractivity contribution in [2.75, 3.05) is 6.54 Å². The lowest BCUT2D eigenvalue weighted by Gasteiger charge is -2.00. The van der Waals surface area contributed by atoms with E-state index in [4.69, 9.17) is 6.42 Å². The summed E-state index contributed by atoms with van der Waals surface area (Å²) in [6.45, 7) is 0.240. The zero-order chi connectivity index (χ0) is 9.73. The minimum absolute atomic E-state index is 0.115. The summed E-state index contributed by atoms with van der Waals surface area (Å²) < 4.78 is 25.0. The quantitative estimate of drug-likeness (QED) is 0.517. The second kappa shape index (κ2) is 4.07. The van der Waals surface area contributed by atoms with E-state index in [1.807, 2.05) is 0 Å². The molecule has 0 bridgehead atoms. The van der Waals surface area contributed by atoms with Crippen LogP contribution in [0.25, 0.3) is 0 Å². The molecule has 0 saturated carbocycles. The summed E-state index contributed by atoms with van der Waals surface area (Å²) in [7, 11) is -3.43. The van der Waals surface area contributed by atoms with Crippen LogP contribution in [0.2, 0.25) is 0 Å². The highest BCUT2D eigenvalue weighted by molar-refractivity contribution is 7.89. The molecule has 13 heavy (non-hydrogen) atoms. The molecule has 0 aromatic carbocycles. The number of rotatable bonds is 4. The van der Waals surface area contributed by atoms with Crippen molar-refractivity contribution in [1.29, 1.82) is 0 Å². The Morgan fingerprint density at radius 3 is 3.00 bits per heavy atom. The summed E-state index contributed by atoms with van der Waals surface area (Å²) in [4.78, 5) is 0.115. The fourth-order valence-electron chi connectivity index (χ4n) is 0.727. The van der Waals surface area contributed by atoms with Crippen molar-refractivity contribution < 1.29 is 8.42 Å². The first-order chi connectivity index (χ1) is 6.17. The lowest BCUT2D eigenvalue weighted by Crippen LogP contribution is -2.24. The molecule has 1 rings (SSSR count). The standard InChI is InChI=1S/C7H9N3O2S/c1-2-3-4-10-13(11,12)7-5-8-9-6-7/h1,5-6,10H,3-4H2,(H,8,9). The fraction of sp³-hybridized carbons (Fsp3) is 0.286. The van der Waals surface area contributed by atoms with Gasteiger partial charge in [-0.2, -0.15) is 5.10 Å². The normalized spacial score (nSPS) is 11.0. The van der Waals surface area contributed by atoms with Crippen LogP contribution in [0.3, 0.4) is 0 Å². The zero-order valence-corrected chi connectivity index (χ0v) is 7.63. The van der Waals surface area contributed by atoms with E-state index in [2.05, 4.69) is 20.8 Å². The number of aromatic amines is 1. The third kappa shape index (κ3) is 2.57. The Labute approximate surface area is 76.6 Å². The number of terminal acetylenes is 1. The Morgan fingerprint density at radius 2 is 2.46 bits per heavy atom. The molecular formula is C7H9N3O2S. The maximum atomic E-state index is 11.3. The van der Waals surface area contributed by atoms with Crippen molar-refractivity contribution in [3.05, 3.63) is 12.4 Å². The van der Waals surface area contributed by atoms with Crippen molar-refractivity contribution in [1.82, 2.24) is 14.9 Å². The Balaban J connectivity index is 2.64. The summed E-state index contributed by atoms with van der Waals surface area (Å²) in [6, 6.07) is 0. The summed E-state index contributed by atoms with van der Waals surface area (Å²) >= 11 is 0. The van der Waals surface area contributed by atoms with Gasteiger partial charge < -0.3 is 0 Å². The van der Waals surface area contributed by atoms with Gasteiger partial charge in [-0.1, -0.05) is 0 Å². The van der Waals surface area contributed by atoms with Crippen LogP contribution in [0.5, 0.6) is 0 Å². The molecule has 6 heteroatoms. The number of hydrogen-bond acceptors (Lipinski definition) is 3. The lowest BCUT2D eigenvalue weighted by atomic mass is 10.5. The molecule has 0 spiro atoms. The highest BCUT2D eigenvalue weighted by atomic mass is 32.2. The summed E-state index contributed by atoms with van der Waals surface area (Å²) in [5, 5.41) is 5.95. The number of nitrogens with zero attached hydrogens (tertiary/aromatic N) is 1.